The highest BCUT2D eigenvalue weighted by Gasteiger charge is 2.19. The van der Waals surface area contributed by atoms with Gasteiger partial charge in [0.25, 0.3) is 0 Å². The zero-order chi connectivity index (χ0) is 17.3. The third-order valence-electron chi connectivity index (χ3n) is 2.96. The zero-order valence-corrected chi connectivity index (χ0v) is 14.9. The van der Waals surface area contributed by atoms with Crippen LogP contribution in [0.5, 0.6) is 0 Å². The molecule has 22 heavy (non-hydrogen) atoms. The summed E-state index contributed by atoms with van der Waals surface area (Å²) in [7, 11) is 0. The van der Waals surface area contributed by atoms with E-state index in [0.29, 0.717) is 13.0 Å². The highest BCUT2D eigenvalue weighted by atomic mass is 16.5. The molecule has 0 heterocycles. The predicted molar refractivity (Wildman–Crippen MR) is 86.6 cm³/mol. The Morgan fingerprint density at radius 3 is 1.91 bits per heavy atom. The molecule has 0 aliphatic carbocycles. The third kappa shape index (κ3) is 9.73. The maximum atomic E-state index is 11.8. The Hall–Kier alpha value is -1.14. The number of ether oxygens (including phenoxy) is 2. The van der Waals surface area contributed by atoms with Crippen molar-refractivity contribution in [2.45, 2.75) is 85.2 Å². The van der Waals surface area contributed by atoms with Crippen LogP contribution in [0.2, 0.25) is 0 Å². The molecule has 6 heteroatoms. The molecule has 6 nitrogen and oxygen atoms in total. The first-order valence-electron chi connectivity index (χ1n) is 8.03. The van der Waals surface area contributed by atoms with Gasteiger partial charge in [-0.3, -0.25) is 9.59 Å². The van der Waals surface area contributed by atoms with Crippen LogP contribution >= 0.6 is 0 Å². The minimum atomic E-state index is -0.369. The molecule has 0 fully saturated rings. The van der Waals surface area contributed by atoms with Crippen molar-refractivity contribution in [2.75, 3.05) is 6.54 Å². The molecule has 0 aliphatic heterocycles. The number of carbonyl (C=O) groups is 2. The molecule has 0 aromatic heterocycles. The van der Waals surface area contributed by atoms with Crippen molar-refractivity contribution < 1.29 is 19.1 Å². The summed E-state index contributed by atoms with van der Waals surface area (Å²) in [6.07, 6.45) is 0.315. The summed E-state index contributed by atoms with van der Waals surface area (Å²) < 4.78 is 10.5. The van der Waals surface area contributed by atoms with Crippen LogP contribution < -0.4 is 10.6 Å². The van der Waals surface area contributed by atoms with Gasteiger partial charge in [-0.1, -0.05) is 13.8 Å². The minimum Gasteiger partial charge on any atom is -0.462 e. The minimum absolute atomic E-state index is 0.119. The molecular weight excluding hydrogens is 284 g/mol. The van der Waals surface area contributed by atoms with Gasteiger partial charge in [0.1, 0.15) is 18.2 Å². The second-order valence-electron chi connectivity index (χ2n) is 6.24. The average molecular weight is 316 g/mol. The van der Waals surface area contributed by atoms with Gasteiger partial charge in [0, 0.05) is 6.04 Å². The summed E-state index contributed by atoms with van der Waals surface area (Å²) in [5, 5.41) is 6.18. The fraction of sp³-hybridized carbons (Fsp3) is 0.875. The van der Waals surface area contributed by atoms with Crippen molar-refractivity contribution in [3.05, 3.63) is 0 Å². The highest BCUT2D eigenvalue weighted by Crippen LogP contribution is 2.01. The van der Waals surface area contributed by atoms with E-state index in [-0.39, 0.29) is 42.3 Å². The lowest BCUT2D eigenvalue weighted by Gasteiger charge is -2.20. The molecule has 0 saturated heterocycles. The number of nitrogens with one attached hydrogen (secondary N) is 2. The Morgan fingerprint density at radius 2 is 1.41 bits per heavy atom. The second kappa shape index (κ2) is 10.6. The second-order valence-corrected chi connectivity index (χ2v) is 6.24. The Balaban J connectivity index is 3.96. The topological polar surface area (TPSA) is 76.7 Å². The Labute approximate surface area is 134 Å². The summed E-state index contributed by atoms with van der Waals surface area (Å²) in [6.45, 7) is 13.6. The Morgan fingerprint density at radius 1 is 0.864 bits per heavy atom. The number of carbonyl (C=O) groups excluding carboxylic acids is 2. The molecule has 0 amide bonds. The van der Waals surface area contributed by atoms with Crippen LogP contribution in [0.15, 0.2) is 0 Å². The lowest BCUT2D eigenvalue weighted by Crippen LogP contribution is -2.41. The van der Waals surface area contributed by atoms with Gasteiger partial charge in [0.05, 0.1) is 6.10 Å². The van der Waals surface area contributed by atoms with Crippen LogP contribution in [-0.2, 0) is 19.1 Å². The van der Waals surface area contributed by atoms with E-state index in [2.05, 4.69) is 10.6 Å². The summed E-state index contributed by atoms with van der Waals surface area (Å²) in [5.41, 5.74) is 0. The molecule has 0 bridgehead atoms. The number of esters is 2. The average Bonchev–Trinajstić information content (AvgIpc) is 2.36. The van der Waals surface area contributed by atoms with Crippen LogP contribution in [0.4, 0.5) is 0 Å². The molecule has 0 aliphatic rings. The largest absolute Gasteiger partial charge is 0.462 e. The summed E-state index contributed by atoms with van der Waals surface area (Å²) in [6, 6.07) is -0.463. The predicted octanol–water partition coefficient (Wildman–Crippen LogP) is 1.62. The smallest absolute Gasteiger partial charge is 0.323 e. The summed E-state index contributed by atoms with van der Waals surface area (Å²) in [4.78, 5) is 23.5. The molecule has 0 saturated carbocycles. The molecule has 3 atom stereocenters. The fourth-order valence-electron chi connectivity index (χ4n) is 1.85. The van der Waals surface area contributed by atoms with Crippen LogP contribution in [0.1, 0.15) is 54.9 Å². The maximum Gasteiger partial charge on any atom is 0.323 e. The van der Waals surface area contributed by atoms with Crippen LogP contribution in [0.3, 0.4) is 0 Å². The van der Waals surface area contributed by atoms with E-state index in [0.717, 1.165) is 0 Å². The van der Waals surface area contributed by atoms with E-state index in [4.69, 9.17) is 9.47 Å². The quantitative estimate of drug-likeness (QED) is 0.597. The fourth-order valence-corrected chi connectivity index (χ4v) is 1.85. The van der Waals surface area contributed by atoms with Crippen LogP contribution in [-0.4, -0.2) is 48.8 Å². The van der Waals surface area contributed by atoms with Crippen molar-refractivity contribution in [3.8, 4) is 0 Å². The van der Waals surface area contributed by atoms with E-state index in [1.165, 1.54) is 0 Å². The third-order valence-corrected chi connectivity index (χ3v) is 2.96. The van der Waals surface area contributed by atoms with E-state index in [1.807, 2.05) is 34.6 Å². The summed E-state index contributed by atoms with van der Waals surface area (Å²) >= 11 is 0. The first kappa shape index (κ1) is 20.9. The molecule has 0 radical (unpaired) electrons. The standard InChI is InChI=1S/C16H32N2O4/c1-10(2)18-14(7)16(20)22-12(5)8-9-17-13(6)15(19)21-11(3)4/h10-14,17-18H,8-9H2,1-7H3/t12?,13-,14+/m1/s1. The van der Waals surface area contributed by atoms with Gasteiger partial charge in [-0.25, -0.2) is 0 Å². The normalized spacial score (nSPS) is 15.5. The van der Waals surface area contributed by atoms with E-state index in [1.54, 1.807) is 13.8 Å². The van der Waals surface area contributed by atoms with Crippen LogP contribution in [0, 0.1) is 0 Å². The van der Waals surface area contributed by atoms with E-state index >= 15 is 0 Å². The van der Waals surface area contributed by atoms with Crippen molar-refractivity contribution in [1.29, 1.82) is 0 Å². The molecule has 0 aromatic carbocycles. The van der Waals surface area contributed by atoms with Gasteiger partial charge >= 0.3 is 11.9 Å². The van der Waals surface area contributed by atoms with Crippen LogP contribution in [0.25, 0.3) is 0 Å². The van der Waals surface area contributed by atoms with Gasteiger partial charge < -0.3 is 20.1 Å². The lowest BCUT2D eigenvalue weighted by molar-refractivity contribution is -0.152. The van der Waals surface area contributed by atoms with E-state index in [9.17, 15) is 9.59 Å². The first-order chi connectivity index (χ1) is 10.1. The number of rotatable bonds is 10. The van der Waals surface area contributed by atoms with Gasteiger partial charge in [-0.05, 0) is 47.6 Å². The van der Waals surface area contributed by atoms with E-state index < -0.39 is 0 Å². The molecule has 1 unspecified atom stereocenters. The molecule has 2 N–H and O–H groups in total. The van der Waals surface area contributed by atoms with Crippen molar-refractivity contribution in [3.63, 3.8) is 0 Å². The van der Waals surface area contributed by atoms with Gasteiger partial charge in [0.15, 0.2) is 0 Å². The molecule has 0 rings (SSSR count). The number of hydrogen-bond acceptors (Lipinski definition) is 6. The molecule has 130 valence electrons. The Bertz CT molecular complexity index is 345. The van der Waals surface area contributed by atoms with Gasteiger partial charge in [0.2, 0.25) is 0 Å². The van der Waals surface area contributed by atoms with Crippen molar-refractivity contribution in [2.24, 2.45) is 0 Å². The molecule has 0 spiro atoms. The Kier molecular flexibility index (Phi) is 10.0. The van der Waals surface area contributed by atoms with Crippen molar-refractivity contribution in [1.82, 2.24) is 10.6 Å². The first-order valence-corrected chi connectivity index (χ1v) is 8.03. The highest BCUT2D eigenvalue weighted by molar-refractivity contribution is 5.75. The van der Waals surface area contributed by atoms with Gasteiger partial charge in [-0.15, -0.1) is 0 Å². The molecule has 0 aromatic rings. The summed E-state index contributed by atoms with van der Waals surface area (Å²) in [5.74, 6) is -0.525. The monoisotopic (exact) mass is 316 g/mol. The SMILES string of the molecule is CC(C)N[C@@H](C)C(=O)OC(C)CCN[C@H](C)C(=O)OC(C)C. The lowest BCUT2D eigenvalue weighted by atomic mass is 10.2. The van der Waals surface area contributed by atoms with Gasteiger partial charge in [-0.2, -0.15) is 0 Å². The molecular formula is C16H32N2O4. The maximum absolute atomic E-state index is 11.8. The zero-order valence-electron chi connectivity index (χ0n) is 14.9. The number of hydrogen-bond donors (Lipinski definition) is 2. The van der Waals surface area contributed by atoms with Crippen molar-refractivity contribution >= 4 is 11.9 Å².